The second kappa shape index (κ2) is 5.57. The van der Waals surface area contributed by atoms with E-state index >= 15 is 0 Å². The molecule has 0 atom stereocenters. The van der Waals surface area contributed by atoms with E-state index in [-0.39, 0.29) is 5.91 Å². The molecule has 1 fully saturated rings. The highest BCUT2D eigenvalue weighted by Gasteiger charge is 2.24. The molecule has 2 N–H and O–H groups in total. The fourth-order valence-electron chi connectivity index (χ4n) is 2.57. The van der Waals surface area contributed by atoms with Crippen molar-refractivity contribution in [3.63, 3.8) is 0 Å². The normalized spacial score (nSPS) is 17.4. The van der Waals surface area contributed by atoms with Crippen LogP contribution in [-0.4, -0.2) is 53.9 Å². The number of carbonyl (C=O) groups is 1. The lowest BCUT2D eigenvalue weighted by Crippen LogP contribution is -2.44. The topological polar surface area (TPSA) is 62.5 Å². The molecule has 1 saturated heterocycles. The maximum absolute atomic E-state index is 12.5. The number of anilines is 1. The molecule has 1 amide bonds. The number of nitrogen functional groups attached to an aromatic ring is 1. The number of pyridine rings is 1. The molecule has 0 aromatic carbocycles. The molecule has 2 heterocycles. The highest BCUT2D eigenvalue weighted by molar-refractivity contribution is 5.95. The van der Waals surface area contributed by atoms with Crippen LogP contribution in [0.15, 0.2) is 12.1 Å². The van der Waals surface area contributed by atoms with Gasteiger partial charge in [-0.3, -0.25) is 4.79 Å². The van der Waals surface area contributed by atoms with Crippen LogP contribution in [0.2, 0.25) is 0 Å². The number of aromatic nitrogens is 1. The third kappa shape index (κ3) is 3.23. The minimum Gasteiger partial charge on any atom is -0.384 e. The lowest BCUT2D eigenvalue weighted by atomic mass is 10.0. The fourth-order valence-corrected chi connectivity index (χ4v) is 2.57. The van der Waals surface area contributed by atoms with Gasteiger partial charge in [0.1, 0.15) is 5.82 Å². The van der Waals surface area contributed by atoms with Crippen LogP contribution in [0.5, 0.6) is 0 Å². The van der Waals surface area contributed by atoms with E-state index in [1.807, 2.05) is 18.9 Å². The van der Waals surface area contributed by atoms with E-state index in [1.54, 1.807) is 12.1 Å². The van der Waals surface area contributed by atoms with Crippen LogP contribution in [0.3, 0.4) is 0 Å². The van der Waals surface area contributed by atoms with Gasteiger partial charge in [-0.15, -0.1) is 0 Å². The van der Waals surface area contributed by atoms with Crippen LogP contribution < -0.4 is 5.73 Å². The number of aryl methyl sites for hydroxylation is 1. The van der Waals surface area contributed by atoms with Gasteiger partial charge in [-0.1, -0.05) is 0 Å². The Labute approximate surface area is 114 Å². The van der Waals surface area contributed by atoms with Crippen molar-refractivity contribution < 1.29 is 4.79 Å². The van der Waals surface area contributed by atoms with Crippen LogP contribution in [0.25, 0.3) is 0 Å². The Balaban J connectivity index is 2.10. The quantitative estimate of drug-likeness (QED) is 0.868. The standard InChI is InChI=1S/C14H22N4O/c1-10-8-11(9-13(15)16-10)14(19)18(3)12-4-6-17(2)7-5-12/h8-9,12H,4-7H2,1-3H3,(H2,15,16). The second-order valence-corrected chi connectivity index (χ2v) is 5.37. The van der Waals surface area contributed by atoms with Crippen molar-refractivity contribution in [1.82, 2.24) is 14.8 Å². The molecule has 104 valence electrons. The summed E-state index contributed by atoms with van der Waals surface area (Å²) in [7, 11) is 4.00. The van der Waals surface area contributed by atoms with Gasteiger partial charge in [0.2, 0.25) is 0 Å². The van der Waals surface area contributed by atoms with Crippen LogP contribution >= 0.6 is 0 Å². The Morgan fingerprint density at radius 2 is 2.05 bits per heavy atom. The molecule has 1 aromatic heterocycles. The first-order valence-corrected chi connectivity index (χ1v) is 6.67. The first kappa shape index (κ1) is 13.8. The highest BCUT2D eigenvalue weighted by atomic mass is 16.2. The number of carbonyl (C=O) groups excluding carboxylic acids is 1. The summed E-state index contributed by atoms with van der Waals surface area (Å²) in [5.41, 5.74) is 7.11. The summed E-state index contributed by atoms with van der Waals surface area (Å²) >= 11 is 0. The Bertz CT molecular complexity index is 446. The fraction of sp³-hybridized carbons (Fsp3) is 0.571. The summed E-state index contributed by atoms with van der Waals surface area (Å²) in [4.78, 5) is 20.7. The minimum atomic E-state index is 0.0340. The first-order valence-electron chi connectivity index (χ1n) is 6.67. The van der Waals surface area contributed by atoms with Crippen LogP contribution in [-0.2, 0) is 0 Å². The molecule has 19 heavy (non-hydrogen) atoms. The monoisotopic (exact) mass is 262 g/mol. The predicted molar refractivity (Wildman–Crippen MR) is 76.0 cm³/mol. The van der Waals surface area contributed by atoms with E-state index in [1.165, 1.54) is 0 Å². The smallest absolute Gasteiger partial charge is 0.254 e. The van der Waals surface area contributed by atoms with Crippen molar-refractivity contribution >= 4 is 11.7 Å². The van der Waals surface area contributed by atoms with E-state index in [0.717, 1.165) is 31.6 Å². The third-order valence-corrected chi connectivity index (χ3v) is 3.78. The number of rotatable bonds is 2. The second-order valence-electron chi connectivity index (χ2n) is 5.37. The number of hydrogen-bond donors (Lipinski definition) is 1. The van der Waals surface area contributed by atoms with Gasteiger partial charge in [0.25, 0.3) is 5.91 Å². The van der Waals surface area contributed by atoms with E-state index < -0.39 is 0 Å². The molecule has 0 spiro atoms. The van der Waals surface area contributed by atoms with Crippen molar-refractivity contribution in [2.45, 2.75) is 25.8 Å². The van der Waals surface area contributed by atoms with E-state index in [4.69, 9.17) is 5.73 Å². The Morgan fingerprint density at radius 3 is 2.63 bits per heavy atom. The van der Waals surface area contributed by atoms with Gasteiger partial charge in [0.05, 0.1) is 0 Å². The zero-order valence-corrected chi connectivity index (χ0v) is 11.9. The summed E-state index contributed by atoms with van der Waals surface area (Å²) < 4.78 is 0. The maximum atomic E-state index is 12.5. The van der Waals surface area contributed by atoms with Crippen LogP contribution in [0, 0.1) is 6.92 Å². The summed E-state index contributed by atoms with van der Waals surface area (Å²) in [6, 6.07) is 3.77. The Hall–Kier alpha value is -1.62. The van der Waals surface area contributed by atoms with Gasteiger partial charge in [-0.2, -0.15) is 0 Å². The summed E-state index contributed by atoms with van der Waals surface area (Å²) in [6.45, 7) is 3.93. The van der Waals surface area contributed by atoms with Crippen molar-refractivity contribution in [2.24, 2.45) is 0 Å². The molecule has 5 nitrogen and oxygen atoms in total. The average Bonchev–Trinajstić information content (AvgIpc) is 2.37. The number of nitrogens with zero attached hydrogens (tertiary/aromatic N) is 3. The van der Waals surface area contributed by atoms with Gasteiger partial charge in [0, 0.05) is 24.3 Å². The minimum absolute atomic E-state index is 0.0340. The highest BCUT2D eigenvalue weighted by Crippen LogP contribution is 2.17. The van der Waals surface area contributed by atoms with Crippen molar-refractivity contribution in [3.05, 3.63) is 23.4 Å². The van der Waals surface area contributed by atoms with Gasteiger partial charge in [-0.25, -0.2) is 4.98 Å². The molecule has 0 saturated carbocycles. The Morgan fingerprint density at radius 1 is 1.42 bits per heavy atom. The van der Waals surface area contributed by atoms with E-state index in [2.05, 4.69) is 16.9 Å². The summed E-state index contributed by atoms with van der Waals surface area (Å²) in [5, 5.41) is 0. The number of nitrogens with two attached hydrogens (primary N) is 1. The predicted octanol–water partition coefficient (Wildman–Crippen LogP) is 1.14. The molecule has 0 aliphatic carbocycles. The molecule has 0 unspecified atom stereocenters. The number of hydrogen-bond acceptors (Lipinski definition) is 4. The lowest BCUT2D eigenvalue weighted by molar-refractivity contribution is 0.0659. The molecule has 1 aliphatic heterocycles. The number of likely N-dealkylation sites (tertiary alicyclic amines) is 1. The van der Waals surface area contributed by atoms with Crippen LogP contribution in [0.4, 0.5) is 5.82 Å². The zero-order chi connectivity index (χ0) is 14.0. The van der Waals surface area contributed by atoms with Gasteiger partial charge in [0.15, 0.2) is 0 Å². The molecular formula is C14H22N4O. The van der Waals surface area contributed by atoms with Crippen molar-refractivity contribution in [1.29, 1.82) is 0 Å². The molecule has 5 heteroatoms. The van der Waals surface area contributed by atoms with Gasteiger partial charge >= 0.3 is 0 Å². The molecule has 1 aliphatic rings. The van der Waals surface area contributed by atoms with Crippen molar-refractivity contribution in [3.8, 4) is 0 Å². The zero-order valence-electron chi connectivity index (χ0n) is 11.9. The van der Waals surface area contributed by atoms with E-state index in [9.17, 15) is 4.79 Å². The van der Waals surface area contributed by atoms with Gasteiger partial charge in [-0.05, 0) is 52.0 Å². The summed E-state index contributed by atoms with van der Waals surface area (Å²) in [6.07, 6.45) is 2.05. The largest absolute Gasteiger partial charge is 0.384 e. The van der Waals surface area contributed by atoms with Crippen molar-refractivity contribution in [2.75, 3.05) is 32.9 Å². The molecule has 0 radical (unpaired) electrons. The maximum Gasteiger partial charge on any atom is 0.254 e. The molecule has 2 rings (SSSR count). The van der Waals surface area contributed by atoms with Gasteiger partial charge < -0.3 is 15.5 Å². The Kier molecular flexibility index (Phi) is 4.04. The lowest BCUT2D eigenvalue weighted by Gasteiger charge is -2.35. The SMILES string of the molecule is Cc1cc(C(=O)N(C)C2CCN(C)CC2)cc(N)n1. The average molecular weight is 262 g/mol. The first-order chi connectivity index (χ1) is 8.97. The third-order valence-electron chi connectivity index (χ3n) is 3.78. The number of amides is 1. The molecular weight excluding hydrogens is 240 g/mol. The number of piperidine rings is 1. The molecule has 0 bridgehead atoms. The molecule has 1 aromatic rings. The van der Waals surface area contributed by atoms with E-state index in [0.29, 0.717) is 17.4 Å². The summed E-state index contributed by atoms with van der Waals surface area (Å²) in [5.74, 6) is 0.437. The van der Waals surface area contributed by atoms with Crippen LogP contribution in [0.1, 0.15) is 28.9 Å².